The Balaban J connectivity index is 2.43. The molecular formula is C12H14O. The molecule has 0 spiro atoms. The topological polar surface area (TPSA) is 9.23 Å². The molecule has 1 aliphatic heterocycles. The van der Waals surface area contributed by atoms with Crippen molar-refractivity contribution in [1.29, 1.82) is 0 Å². The van der Waals surface area contributed by atoms with Gasteiger partial charge in [-0.25, -0.2) is 0 Å². The highest BCUT2D eigenvalue weighted by molar-refractivity contribution is 5.58. The first-order valence-corrected chi connectivity index (χ1v) is 4.62. The quantitative estimate of drug-likeness (QED) is 0.586. The average Bonchev–Trinajstić information content (AvgIpc) is 2.21. The first-order chi connectivity index (χ1) is 6.17. The van der Waals surface area contributed by atoms with E-state index in [0.29, 0.717) is 0 Å². The standard InChI is InChI=1S/C12H14O/c1-12(2)9-5-7-10-6-3-4-8-11(10)13-12/h3-8H,9H2,1-2H3. The molecule has 13 heavy (non-hydrogen) atoms. The number of ether oxygens (including phenoxy) is 1. The lowest BCUT2D eigenvalue weighted by Gasteiger charge is -2.24. The smallest absolute Gasteiger partial charge is 0.127 e. The van der Waals surface area contributed by atoms with Crippen LogP contribution in [0.4, 0.5) is 0 Å². The number of fused-ring (bicyclic) bond motifs is 1. The molecule has 1 aliphatic rings. The van der Waals surface area contributed by atoms with Crippen molar-refractivity contribution >= 4 is 6.08 Å². The second kappa shape index (κ2) is 2.91. The van der Waals surface area contributed by atoms with Gasteiger partial charge in [0.2, 0.25) is 0 Å². The molecule has 0 unspecified atom stereocenters. The summed E-state index contributed by atoms with van der Waals surface area (Å²) in [6, 6.07) is 8.14. The summed E-state index contributed by atoms with van der Waals surface area (Å²) in [6.07, 6.45) is 5.26. The monoisotopic (exact) mass is 174 g/mol. The third kappa shape index (κ3) is 1.74. The van der Waals surface area contributed by atoms with Gasteiger partial charge in [0.05, 0.1) is 0 Å². The van der Waals surface area contributed by atoms with Gasteiger partial charge < -0.3 is 4.74 Å². The Morgan fingerprint density at radius 2 is 2.00 bits per heavy atom. The number of hydrogen-bond acceptors (Lipinski definition) is 1. The molecule has 0 radical (unpaired) electrons. The number of rotatable bonds is 0. The van der Waals surface area contributed by atoms with Crippen LogP contribution in [0.15, 0.2) is 30.3 Å². The zero-order valence-corrected chi connectivity index (χ0v) is 8.08. The minimum absolute atomic E-state index is 0.0803. The van der Waals surface area contributed by atoms with Crippen LogP contribution in [0.3, 0.4) is 0 Å². The van der Waals surface area contributed by atoms with Gasteiger partial charge >= 0.3 is 0 Å². The first-order valence-electron chi connectivity index (χ1n) is 4.62. The Morgan fingerprint density at radius 3 is 2.85 bits per heavy atom. The van der Waals surface area contributed by atoms with Crippen molar-refractivity contribution < 1.29 is 4.74 Å². The van der Waals surface area contributed by atoms with E-state index < -0.39 is 0 Å². The van der Waals surface area contributed by atoms with Gasteiger partial charge in [0.25, 0.3) is 0 Å². The van der Waals surface area contributed by atoms with Crippen LogP contribution >= 0.6 is 0 Å². The van der Waals surface area contributed by atoms with Crippen molar-refractivity contribution in [2.75, 3.05) is 0 Å². The van der Waals surface area contributed by atoms with Crippen LogP contribution in [-0.2, 0) is 0 Å². The zero-order chi connectivity index (χ0) is 9.31. The van der Waals surface area contributed by atoms with Crippen LogP contribution in [-0.4, -0.2) is 5.60 Å². The molecule has 0 N–H and O–H groups in total. The molecule has 0 saturated carbocycles. The SMILES string of the molecule is CC1(C)CC=Cc2ccccc2O1. The Bertz CT molecular complexity index is 337. The maximum Gasteiger partial charge on any atom is 0.127 e. The van der Waals surface area contributed by atoms with Crippen LogP contribution in [0.2, 0.25) is 0 Å². The molecule has 0 aromatic heterocycles. The van der Waals surface area contributed by atoms with Gasteiger partial charge in [-0.05, 0) is 19.9 Å². The summed E-state index contributed by atoms with van der Waals surface area (Å²) >= 11 is 0. The molecule has 1 nitrogen and oxygen atoms in total. The van der Waals surface area contributed by atoms with E-state index in [4.69, 9.17) is 4.74 Å². The molecule has 1 aromatic carbocycles. The normalized spacial score (nSPS) is 18.6. The van der Waals surface area contributed by atoms with E-state index >= 15 is 0 Å². The van der Waals surface area contributed by atoms with Crippen LogP contribution < -0.4 is 4.74 Å². The lowest BCUT2D eigenvalue weighted by Crippen LogP contribution is -2.26. The fourth-order valence-corrected chi connectivity index (χ4v) is 1.52. The van der Waals surface area contributed by atoms with E-state index in [1.54, 1.807) is 0 Å². The summed E-state index contributed by atoms with van der Waals surface area (Å²) < 4.78 is 5.88. The third-order valence-electron chi connectivity index (χ3n) is 2.21. The van der Waals surface area contributed by atoms with Gasteiger partial charge in [0.1, 0.15) is 11.4 Å². The van der Waals surface area contributed by atoms with Crippen molar-refractivity contribution in [2.45, 2.75) is 25.9 Å². The number of benzene rings is 1. The molecule has 0 amide bonds. The van der Waals surface area contributed by atoms with E-state index in [0.717, 1.165) is 12.2 Å². The maximum atomic E-state index is 5.88. The molecule has 0 bridgehead atoms. The van der Waals surface area contributed by atoms with Gasteiger partial charge in [-0.3, -0.25) is 0 Å². The average molecular weight is 174 g/mol. The van der Waals surface area contributed by atoms with Crippen molar-refractivity contribution in [2.24, 2.45) is 0 Å². The third-order valence-corrected chi connectivity index (χ3v) is 2.21. The van der Waals surface area contributed by atoms with E-state index in [1.807, 2.05) is 18.2 Å². The fourth-order valence-electron chi connectivity index (χ4n) is 1.52. The van der Waals surface area contributed by atoms with Crippen LogP contribution in [0.1, 0.15) is 25.8 Å². The molecule has 2 rings (SSSR count). The second-order valence-electron chi connectivity index (χ2n) is 4.01. The maximum absolute atomic E-state index is 5.88. The Morgan fingerprint density at radius 1 is 1.23 bits per heavy atom. The highest BCUT2D eigenvalue weighted by Gasteiger charge is 2.20. The summed E-state index contributed by atoms with van der Waals surface area (Å²) in [4.78, 5) is 0. The highest BCUT2D eigenvalue weighted by atomic mass is 16.5. The van der Waals surface area contributed by atoms with Crippen molar-refractivity contribution in [1.82, 2.24) is 0 Å². The predicted octanol–water partition coefficient (Wildman–Crippen LogP) is 3.26. The molecule has 0 aliphatic carbocycles. The molecule has 1 aromatic rings. The van der Waals surface area contributed by atoms with Gasteiger partial charge in [-0.15, -0.1) is 0 Å². The molecule has 1 heteroatoms. The summed E-state index contributed by atoms with van der Waals surface area (Å²) in [5, 5.41) is 0. The Labute approximate surface area is 79.0 Å². The molecule has 0 fully saturated rings. The predicted molar refractivity (Wildman–Crippen MR) is 54.8 cm³/mol. The molecule has 68 valence electrons. The summed E-state index contributed by atoms with van der Waals surface area (Å²) in [5.41, 5.74) is 1.09. The summed E-state index contributed by atoms with van der Waals surface area (Å²) in [6.45, 7) is 4.22. The van der Waals surface area contributed by atoms with Crippen LogP contribution in [0, 0.1) is 0 Å². The molecule has 1 heterocycles. The highest BCUT2D eigenvalue weighted by Crippen LogP contribution is 2.29. The minimum atomic E-state index is -0.0803. The van der Waals surface area contributed by atoms with Crippen molar-refractivity contribution in [3.63, 3.8) is 0 Å². The van der Waals surface area contributed by atoms with Gasteiger partial charge in [0.15, 0.2) is 0 Å². The lowest BCUT2D eigenvalue weighted by molar-refractivity contribution is 0.114. The van der Waals surface area contributed by atoms with Gasteiger partial charge in [-0.1, -0.05) is 30.4 Å². The van der Waals surface area contributed by atoms with Crippen molar-refractivity contribution in [3.05, 3.63) is 35.9 Å². The van der Waals surface area contributed by atoms with E-state index in [9.17, 15) is 0 Å². The Hall–Kier alpha value is -1.24. The van der Waals surface area contributed by atoms with Gasteiger partial charge in [0, 0.05) is 12.0 Å². The number of para-hydroxylation sites is 1. The zero-order valence-electron chi connectivity index (χ0n) is 8.08. The second-order valence-corrected chi connectivity index (χ2v) is 4.01. The van der Waals surface area contributed by atoms with Crippen LogP contribution in [0.25, 0.3) is 6.08 Å². The molecular weight excluding hydrogens is 160 g/mol. The summed E-state index contributed by atoms with van der Waals surface area (Å²) in [7, 11) is 0. The van der Waals surface area contributed by atoms with Gasteiger partial charge in [-0.2, -0.15) is 0 Å². The fraction of sp³-hybridized carbons (Fsp3) is 0.333. The van der Waals surface area contributed by atoms with E-state index in [-0.39, 0.29) is 5.60 Å². The number of hydrogen-bond donors (Lipinski definition) is 0. The van der Waals surface area contributed by atoms with E-state index in [2.05, 4.69) is 32.1 Å². The molecule has 0 atom stereocenters. The van der Waals surface area contributed by atoms with E-state index in [1.165, 1.54) is 5.56 Å². The van der Waals surface area contributed by atoms with Crippen molar-refractivity contribution in [3.8, 4) is 5.75 Å². The summed E-state index contributed by atoms with van der Waals surface area (Å²) in [5.74, 6) is 0.987. The first kappa shape index (κ1) is 8.36. The van der Waals surface area contributed by atoms with Crippen LogP contribution in [0.5, 0.6) is 5.75 Å². The largest absolute Gasteiger partial charge is 0.487 e. The lowest BCUT2D eigenvalue weighted by atomic mass is 10.1. The minimum Gasteiger partial charge on any atom is -0.487 e. The molecule has 0 saturated heterocycles. The Kier molecular flexibility index (Phi) is 1.87.